The molecule has 0 aromatic heterocycles. The van der Waals surface area contributed by atoms with E-state index in [2.05, 4.69) is 13.0 Å². The van der Waals surface area contributed by atoms with Crippen molar-refractivity contribution in [2.75, 3.05) is 0 Å². The number of rotatable bonds is 1. The number of hydrogen-bond donors (Lipinski definition) is 0. The van der Waals surface area contributed by atoms with Crippen LogP contribution in [0.3, 0.4) is 0 Å². The van der Waals surface area contributed by atoms with Gasteiger partial charge in [0.1, 0.15) is 0 Å². The van der Waals surface area contributed by atoms with Crippen LogP contribution in [-0.4, -0.2) is 0 Å². The first-order chi connectivity index (χ1) is 6.69. The van der Waals surface area contributed by atoms with Crippen molar-refractivity contribution in [1.82, 2.24) is 0 Å². The minimum Gasteiger partial charge on any atom is -0.198 e. The topological polar surface area (TPSA) is 23.8 Å². The molecule has 0 amide bonds. The summed E-state index contributed by atoms with van der Waals surface area (Å²) in [4.78, 5) is 0. The highest BCUT2D eigenvalue weighted by Gasteiger charge is 2.57. The second kappa shape index (κ2) is 2.54. The first kappa shape index (κ1) is 8.77. The Kier molecular flexibility index (Phi) is 1.59. The summed E-state index contributed by atoms with van der Waals surface area (Å²) >= 11 is 0. The van der Waals surface area contributed by atoms with E-state index in [1.807, 2.05) is 0 Å². The van der Waals surface area contributed by atoms with Gasteiger partial charge in [0.15, 0.2) is 0 Å². The summed E-state index contributed by atoms with van der Waals surface area (Å²) in [6, 6.07) is 2.64. The van der Waals surface area contributed by atoms with E-state index < -0.39 is 0 Å². The Morgan fingerprint density at radius 3 is 2.36 bits per heavy atom. The summed E-state index contributed by atoms with van der Waals surface area (Å²) in [5.41, 5.74) is 0.543. The molecule has 0 aromatic rings. The lowest BCUT2D eigenvalue weighted by atomic mass is 9.44. The molecule has 0 saturated heterocycles. The Morgan fingerprint density at radius 1 is 1.21 bits per heavy atom. The van der Waals surface area contributed by atoms with Crippen molar-refractivity contribution in [2.24, 2.45) is 22.7 Å². The van der Waals surface area contributed by atoms with Crippen molar-refractivity contribution in [3.8, 4) is 6.07 Å². The lowest BCUT2D eigenvalue weighted by Crippen LogP contribution is -2.51. The smallest absolute Gasteiger partial charge is 0.0690 e. The van der Waals surface area contributed by atoms with Gasteiger partial charge in [-0.15, -0.1) is 0 Å². The van der Waals surface area contributed by atoms with Gasteiger partial charge in [-0.2, -0.15) is 5.26 Å². The molecule has 0 N–H and O–H groups in total. The van der Waals surface area contributed by atoms with Crippen molar-refractivity contribution in [1.29, 1.82) is 5.26 Å². The molecule has 4 aliphatic carbocycles. The second-order valence-electron chi connectivity index (χ2n) is 6.10. The molecule has 0 aliphatic heterocycles. The van der Waals surface area contributed by atoms with E-state index in [9.17, 15) is 5.26 Å². The van der Waals surface area contributed by atoms with Gasteiger partial charge in [0.2, 0.25) is 0 Å². The summed E-state index contributed by atoms with van der Waals surface area (Å²) < 4.78 is 0. The highest BCUT2D eigenvalue weighted by Crippen LogP contribution is 2.65. The maximum atomic E-state index is 9.37. The molecule has 2 atom stereocenters. The Bertz CT molecular complexity index is 285. The fourth-order valence-corrected chi connectivity index (χ4v) is 4.88. The third-order valence-electron chi connectivity index (χ3n) is 4.95. The second-order valence-corrected chi connectivity index (χ2v) is 6.10. The molecule has 14 heavy (non-hydrogen) atoms. The normalized spacial score (nSPS) is 54.6. The molecule has 1 nitrogen and oxygen atoms in total. The number of nitrogens with zero attached hydrogens (tertiary/aromatic N) is 1. The van der Waals surface area contributed by atoms with Crippen molar-refractivity contribution in [3.05, 3.63) is 6.92 Å². The zero-order chi connectivity index (χ0) is 9.81. The van der Waals surface area contributed by atoms with Gasteiger partial charge in [-0.3, -0.25) is 0 Å². The largest absolute Gasteiger partial charge is 0.198 e. The maximum Gasteiger partial charge on any atom is 0.0690 e. The van der Waals surface area contributed by atoms with Crippen molar-refractivity contribution in [2.45, 2.75) is 44.9 Å². The van der Waals surface area contributed by atoms with E-state index in [0.29, 0.717) is 5.41 Å². The van der Waals surface area contributed by atoms with Crippen LogP contribution in [0.4, 0.5) is 0 Å². The molecule has 4 aliphatic rings. The van der Waals surface area contributed by atoms with E-state index in [1.165, 1.54) is 32.1 Å². The molecular formula is C13H18N. The minimum atomic E-state index is 0.0712. The van der Waals surface area contributed by atoms with E-state index in [-0.39, 0.29) is 5.41 Å². The Balaban J connectivity index is 1.99. The van der Waals surface area contributed by atoms with Crippen molar-refractivity contribution >= 4 is 0 Å². The highest BCUT2D eigenvalue weighted by atomic mass is 14.6. The van der Waals surface area contributed by atoms with Gasteiger partial charge in [0.25, 0.3) is 0 Å². The van der Waals surface area contributed by atoms with Gasteiger partial charge >= 0.3 is 0 Å². The van der Waals surface area contributed by atoms with Gasteiger partial charge in [-0.05, 0) is 62.2 Å². The van der Waals surface area contributed by atoms with Crippen LogP contribution in [0.1, 0.15) is 44.9 Å². The van der Waals surface area contributed by atoms with Gasteiger partial charge in [-0.25, -0.2) is 0 Å². The Morgan fingerprint density at radius 2 is 1.86 bits per heavy atom. The monoisotopic (exact) mass is 188 g/mol. The molecule has 0 heterocycles. The van der Waals surface area contributed by atoms with E-state index in [0.717, 1.165) is 24.7 Å². The summed E-state index contributed by atoms with van der Waals surface area (Å²) in [6.07, 6.45) is 8.76. The molecule has 0 spiro atoms. The molecule has 75 valence electrons. The summed E-state index contributed by atoms with van der Waals surface area (Å²) in [5, 5.41) is 9.37. The number of hydrogen-bond acceptors (Lipinski definition) is 1. The Hall–Kier alpha value is -0.510. The molecular weight excluding hydrogens is 170 g/mol. The molecule has 1 radical (unpaired) electrons. The molecule has 1 heteroatoms. The zero-order valence-corrected chi connectivity index (χ0v) is 8.76. The molecule has 0 aromatic carbocycles. The summed E-state index contributed by atoms with van der Waals surface area (Å²) in [7, 11) is 0. The predicted molar refractivity (Wildman–Crippen MR) is 55.1 cm³/mol. The first-order valence-electron chi connectivity index (χ1n) is 5.90. The van der Waals surface area contributed by atoms with Gasteiger partial charge in [0, 0.05) is 0 Å². The van der Waals surface area contributed by atoms with E-state index >= 15 is 0 Å². The lowest BCUT2D eigenvalue weighted by molar-refractivity contribution is -0.0825. The molecule has 4 rings (SSSR count). The quantitative estimate of drug-likeness (QED) is 0.619. The summed E-state index contributed by atoms with van der Waals surface area (Å²) in [6.45, 7) is 4.13. The molecule has 4 saturated carbocycles. The van der Waals surface area contributed by atoms with E-state index in [1.54, 1.807) is 0 Å². The molecule has 4 fully saturated rings. The van der Waals surface area contributed by atoms with Gasteiger partial charge in [-0.1, -0.05) is 6.92 Å². The van der Waals surface area contributed by atoms with Crippen molar-refractivity contribution in [3.63, 3.8) is 0 Å². The lowest BCUT2D eigenvalue weighted by Gasteiger charge is -2.59. The highest BCUT2D eigenvalue weighted by molar-refractivity contribution is 5.15. The van der Waals surface area contributed by atoms with E-state index in [4.69, 9.17) is 0 Å². The van der Waals surface area contributed by atoms with Crippen LogP contribution in [-0.2, 0) is 0 Å². The molecule has 2 unspecified atom stereocenters. The maximum absolute atomic E-state index is 9.37. The fraction of sp³-hybridized carbons (Fsp3) is 0.846. The summed E-state index contributed by atoms with van der Waals surface area (Å²) in [5.74, 6) is 1.72. The third kappa shape index (κ3) is 1.00. The first-order valence-corrected chi connectivity index (χ1v) is 5.90. The van der Waals surface area contributed by atoms with Crippen LogP contribution in [0.15, 0.2) is 0 Å². The molecule has 4 bridgehead atoms. The van der Waals surface area contributed by atoms with Crippen LogP contribution >= 0.6 is 0 Å². The average Bonchev–Trinajstić information content (AvgIpc) is 2.16. The van der Waals surface area contributed by atoms with Crippen LogP contribution < -0.4 is 0 Å². The Labute approximate surface area is 86.5 Å². The standard InChI is InChI=1S/C13H18N/c1-2-12-4-10-3-11(5-12)7-13(6-10,8-12)9-14/h10-11H,1-8H2. The van der Waals surface area contributed by atoms with Crippen molar-refractivity contribution < 1.29 is 0 Å². The van der Waals surface area contributed by atoms with Crippen LogP contribution in [0.2, 0.25) is 0 Å². The number of nitriles is 1. The van der Waals surface area contributed by atoms with Gasteiger partial charge < -0.3 is 0 Å². The van der Waals surface area contributed by atoms with Crippen LogP contribution in [0.5, 0.6) is 0 Å². The SMILES string of the molecule is [CH2]CC12CC3CC(CC(C#N)(C3)C1)C2. The average molecular weight is 188 g/mol. The zero-order valence-electron chi connectivity index (χ0n) is 8.76. The predicted octanol–water partition coefficient (Wildman–Crippen LogP) is 3.32. The van der Waals surface area contributed by atoms with Crippen LogP contribution in [0.25, 0.3) is 0 Å². The minimum absolute atomic E-state index is 0.0712. The fourth-order valence-electron chi connectivity index (χ4n) is 4.88. The van der Waals surface area contributed by atoms with Crippen LogP contribution in [0, 0.1) is 40.9 Å². The third-order valence-corrected chi connectivity index (χ3v) is 4.95. The van der Waals surface area contributed by atoms with Gasteiger partial charge in [0.05, 0.1) is 11.5 Å².